The maximum atomic E-state index is 12.4. The van der Waals surface area contributed by atoms with Gasteiger partial charge in [0.25, 0.3) is 0 Å². The number of benzene rings is 1. The molecule has 26 heavy (non-hydrogen) atoms. The van der Waals surface area contributed by atoms with E-state index in [2.05, 4.69) is 22.4 Å². The Kier molecular flexibility index (Phi) is 5.61. The molecule has 0 aliphatic heterocycles. The van der Waals surface area contributed by atoms with E-state index >= 15 is 0 Å². The van der Waals surface area contributed by atoms with E-state index < -0.39 is 5.91 Å². The maximum Gasteiger partial charge on any atom is 0.237 e. The van der Waals surface area contributed by atoms with E-state index in [1.54, 1.807) is 4.57 Å². The van der Waals surface area contributed by atoms with E-state index in [4.69, 9.17) is 5.73 Å². The number of hydrogen-bond acceptors (Lipinski definition) is 5. The molecule has 2 aromatic rings. The number of carbonyl (C=O) groups excluding carboxylic acids is 2. The van der Waals surface area contributed by atoms with Crippen molar-refractivity contribution in [3.8, 4) is 0 Å². The van der Waals surface area contributed by atoms with Crippen LogP contribution in [0.3, 0.4) is 0 Å². The van der Waals surface area contributed by atoms with E-state index in [1.807, 2.05) is 25.1 Å². The fourth-order valence-electron chi connectivity index (χ4n) is 2.86. The fourth-order valence-corrected chi connectivity index (χ4v) is 3.61. The van der Waals surface area contributed by atoms with Crippen LogP contribution in [0.1, 0.15) is 42.6 Å². The van der Waals surface area contributed by atoms with Crippen LogP contribution in [-0.2, 0) is 22.6 Å². The number of thioether (sulfide) groups is 1. The molecule has 1 heterocycles. The summed E-state index contributed by atoms with van der Waals surface area (Å²) in [6.45, 7) is 4.08. The zero-order valence-electron chi connectivity index (χ0n) is 15.0. The first kappa shape index (κ1) is 18.4. The summed E-state index contributed by atoms with van der Waals surface area (Å²) >= 11 is 1.27. The molecule has 138 valence electrons. The normalized spacial score (nSPS) is 13.6. The summed E-state index contributed by atoms with van der Waals surface area (Å²) in [5, 5.41) is 11.9. The second kappa shape index (κ2) is 7.90. The SMILES string of the molecule is CCc1cccc(C)c1NC(=O)CSc1nnc(C2CC2)n1CC(N)=O. The van der Waals surface area contributed by atoms with Gasteiger partial charge in [0.2, 0.25) is 11.8 Å². The zero-order valence-corrected chi connectivity index (χ0v) is 15.8. The predicted octanol–water partition coefficient (Wildman–Crippen LogP) is 2.24. The largest absolute Gasteiger partial charge is 0.368 e. The molecular formula is C18H23N5O2S. The van der Waals surface area contributed by atoms with Crippen molar-refractivity contribution in [1.82, 2.24) is 14.8 Å². The first-order valence-corrected chi connectivity index (χ1v) is 9.70. The third-order valence-corrected chi connectivity index (χ3v) is 5.31. The summed E-state index contributed by atoms with van der Waals surface area (Å²) in [5.41, 5.74) is 8.36. The summed E-state index contributed by atoms with van der Waals surface area (Å²) < 4.78 is 1.74. The van der Waals surface area contributed by atoms with Crippen molar-refractivity contribution in [2.75, 3.05) is 11.1 Å². The Morgan fingerprint density at radius 1 is 1.35 bits per heavy atom. The number of nitrogens with two attached hydrogens (primary N) is 1. The highest BCUT2D eigenvalue weighted by Crippen LogP contribution is 2.40. The third kappa shape index (κ3) is 4.24. The van der Waals surface area contributed by atoms with Crippen molar-refractivity contribution in [2.24, 2.45) is 5.73 Å². The van der Waals surface area contributed by atoms with Crippen LogP contribution in [0.15, 0.2) is 23.4 Å². The van der Waals surface area contributed by atoms with Crippen molar-refractivity contribution in [1.29, 1.82) is 0 Å². The Morgan fingerprint density at radius 3 is 2.77 bits per heavy atom. The van der Waals surface area contributed by atoms with E-state index in [1.165, 1.54) is 11.8 Å². The summed E-state index contributed by atoms with van der Waals surface area (Å²) in [4.78, 5) is 23.8. The van der Waals surface area contributed by atoms with E-state index in [0.717, 1.165) is 41.9 Å². The summed E-state index contributed by atoms with van der Waals surface area (Å²) in [6.07, 6.45) is 2.95. The number of nitrogens with zero attached hydrogens (tertiary/aromatic N) is 3. The van der Waals surface area contributed by atoms with E-state index in [9.17, 15) is 9.59 Å². The van der Waals surface area contributed by atoms with Gasteiger partial charge in [-0.25, -0.2) is 0 Å². The zero-order chi connectivity index (χ0) is 18.7. The lowest BCUT2D eigenvalue weighted by Gasteiger charge is -2.13. The number of carbonyl (C=O) groups is 2. The van der Waals surface area contributed by atoms with Gasteiger partial charge in [0.1, 0.15) is 12.4 Å². The number of hydrogen-bond donors (Lipinski definition) is 2. The van der Waals surface area contributed by atoms with Gasteiger partial charge < -0.3 is 11.1 Å². The molecule has 0 bridgehead atoms. The van der Waals surface area contributed by atoms with Gasteiger partial charge in [-0.2, -0.15) is 0 Å². The van der Waals surface area contributed by atoms with Crippen LogP contribution in [0.5, 0.6) is 0 Å². The van der Waals surface area contributed by atoms with E-state index in [-0.39, 0.29) is 18.2 Å². The number of anilines is 1. The molecule has 2 amide bonds. The Labute approximate surface area is 156 Å². The molecule has 1 aliphatic rings. The van der Waals surface area contributed by atoms with Gasteiger partial charge in [-0.3, -0.25) is 14.2 Å². The standard InChI is InChI=1S/C18H23N5O2S/c1-3-12-6-4-5-11(2)16(12)20-15(25)10-26-18-22-21-17(13-7-8-13)23(18)9-14(19)24/h4-6,13H,3,7-10H2,1-2H3,(H2,19,24)(H,20,25). The summed E-state index contributed by atoms with van der Waals surface area (Å²) in [7, 11) is 0. The van der Waals surface area contributed by atoms with Crippen molar-refractivity contribution >= 4 is 29.3 Å². The number of amides is 2. The topological polar surface area (TPSA) is 103 Å². The van der Waals surface area contributed by atoms with Crippen molar-refractivity contribution in [2.45, 2.75) is 50.7 Å². The fraction of sp³-hybridized carbons (Fsp3) is 0.444. The predicted molar refractivity (Wildman–Crippen MR) is 101 cm³/mol. The highest BCUT2D eigenvalue weighted by atomic mass is 32.2. The lowest BCUT2D eigenvalue weighted by molar-refractivity contribution is -0.118. The average molecular weight is 373 g/mol. The Hall–Kier alpha value is -2.35. The first-order chi connectivity index (χ1) is 12.5. The van der Waals surface area contributed by atoms with Crippen LogP contribution in [0, 0.1) is 6.92 Å². The van der Waals surface area contributed by atoms with Crippen LogP contribution in [0.25, 0.3) is 0 Å². The van der Waals surface area contributed by atoms with Crippen LogP contribution < -0.4 is 11.1 Å². The van der Waals surface area contributed by atoms with Crippen molar-refractivity contribution in [3.63, 3.8) is 0 Å². The molecule has 8 heteroatoms. The summed E-state index contributed by atoms with van der Waals surface area (Å²) in [5.74, 6) is 0.785. The number of rotatable bonds is 8. The molecule has 0 unspecified atom stereocenters. The van der Waals surface area contributed by atoms with Gasteiger partial charge >= 0.3 is 0 Å². The molecule has 1 aromatic carbocycles. The molecule has 3 rings (SSSR count). The number of primary amides is 1. The molecule has 1 aliphatic carbocycles. The molecule has 7 nitrogen and oxygen atoms in total. The summed E-state index contributed by atoms with van der Waals surface area (Å²) in [6, 6.07) is 5.98. The Balaban J connectivity index is 1.68. The minimum atomic E-state index is -0.439. The minimum absolute atomic E-state index is 0.0422. The maximum absolute atomic E-state index is 12.4. The smallest absolute Gasteiger partial charge is 0.237 e. The molecule has 0 spiro atoms. The molecule has 0 saturated heterocycles. The monoisotopic (exact) mass is 373 g/mol. The van der Waals surface area contributed by atoms with E-state index in [0.29, 0.717) is 11.1 Å². The highest BCUT2D eigenvalue weighted by molar-refractivity contribution is 7.99. The van der Waals surface area contributed by atoms with Gasteiger partial charge in [0, 0.05) is 11.6 Å². The molecular weight excluding hydrogens is 350 g/mol. The lowest BCUT2D eigenvalue weighted by Crippen LogP contribution is -2.21. The highest BCUT2D eigenvalue weighted by Gasteiger charge is 2.31. The second-order valence-corrected chi connectivity index (χ2v) is 7.41. The van der Waals surface area contributed by atoms with Crippen LogP contribution in [-0.4, -0.2) is 32.3 Å². The van der Waals surface area contributed by atoms with Crippen LogP contribution >= 0.6 is 11.8 Å². The first-order valence-electron chi connectivity index (χ1n) is 8.72. The van der Waals surface area contributed by atoms with Gasteiger partial charge in [-0.1, -0.05) is 36.9 Å². The Morgan fingerprint density at radius 2 is 2.12 bits per heavy atom. The van der Waals surface area contributed by atoms with Crippen LogP contribution in [0.2, 0.25) is 0 Å². The number of aromatic nitrogens is 3. The van der Waals surface area contributed by atoms with Crippen molar-refractivity contribution < 1.29 is 9.59 Å². The minimum Gasteiger partial charge on any atom is -0.368 e. The molecule has 0 radical (unpaired) electrons. The quantitative estimate of drug-likeness (QED) is 0.691. The number of aryl methyl sites for hydroxylation is 2. The molecule has 1 aromatic heterocycles. The molecule has 3 N–H and O–H groups in total. The molecule has 1 saturated carbocycles. The van der Waals surface area contributed by atoms with Gasteiger partial charge in [0.15, 0.2) is 5.16 Å². The average Bonchev–Trinajstić information content (AvgIpc) is 3.37. The number of nitrogens with one attached hydrogen (secondary N) is 1. The third-order valence-electron chi connectivity index (χ3n) is 4.34. The van der Waals surface area contributed by atoms with Gasteiger partial charge in [0.05, 0.1) is 5.75 Å². The Bertz CT molecular complexity index is 829. The molecule has 1 fully saturated rings. The van der Waals surface area contributed by atoms with Gasteiger partial charge in [-0.05, 0) is 37.3 Å². The van der Waals surface area contributed by atoms with Gasteiger partial charge in [-0.15, -0.1) is 10.2 Å². The second-order valence-electron chi connectivity index (χ2n) is 6.47. The number of para-hydroxylation sites is 1. The molecule has 0 atom stereocenters. The van der Waals surface area contributed by atoms with Crippen LogP contribution in [0.4, 0.5) is 5.69 Å². The lowest BCUT2D eigenvalue weighted by atomic mass is 10.1. The van der Waals surface area contributed by atoms with Crippen molar-refractivity contribution in [3.05, 3.63) is 35.2 Å².